The highest BCUT2D eigenvalue weighted by Crippen LogP contribution is 2.59. The molecule has 11 heavy (non-hydrogen) atoms. The fourth-order valence-corrected chi connectivity index (χ4v) is 2.92. The number of rotatable bonds is 0. The van der Waals surface area contributed by atoms with Gasteiger partial charge in [-0.15, -0.1) is 0 Å². The molecule has 64 valence electrons. The van der Waals surface area contributed by atoms with Crippen molar-refractivity contribution in [2.75, 3.05) is 0 Å². The second kappa shape index (κ2) is 2.22. The molecule has 0 aromatic carbocycles. The Hall–Kier alpha value is -0.0400. The number of hydrogen-bond donors (Lipinski definition) is 1. The fraction of sp³-hybridized carbons (Fsp3) is 1.00. The zero-order valence-corrected chi connectivity index (χ0v) is 7.64. The summed E-state index contributed by atoms with van der Waals surface area (Å²) in [5.41, 5.74) is 6.57. The van der Waals surface area contributed by atoms with Gasteiger partial charge in [-0.05, 0) is 36.5 Å². The summed E-state index contributed by atoms with van der Waals surface area (Å²) in [7, 11) is 0. The van der Waals surface area contributed by atoms with Crippen LogP contribution in [0.1, 0.15) is 39.5 Å². The van der Waals surface area contributed by atoms with E-state index >= 15 is 0 Å². The van der Waals surface area contributed by atoms with Crippen molar-refractivity contribution in [2.45, 2.75) is 45.6 Å². The molecule has 0 bridgehead atoms. The molecular weight excluding hydrogens is 134 g/mol. The van der Waals surface area contributed by atoms with Gasteiger partial charge in [-0.25, -0.2) is 0 Å². The second-order valence-electron chi connectivity index (χ2n) is 4.82. The summed E-state index contributed by atoms with van der Waals surface area (Å²) < 4.78 is 0. The lowest BCUT2D eigenvalue weighted by Crippen LogP contribution is -2.28. The Morgan fingerprint density at radius 2 is 2.00 bits per heavy atom. The minimum absolute atomic E-state index is 0.546. The van der Waals surface area contributed by atoms with Gasteiger partial charge in [-0.3, -0.25) is 0 Å². The van der Waals surface area contributed by atoms with Crippen molar-refractivity contribution in [3.8, 4) is 0 Å². The summed E-state index contributed by atoms with van der Waals surface area (Å²) in [4.78, 5) is 0. The van der Waals surface area contributed by atoms with Crippen molar-refractivity contribution < 1.29 is 0 Å². The smallest absolute Gasteiger partial charge is 0.0105 e. The van der Waals surface area contributed by atoms with Gasteiger partial charge in [-0.1, -0.05) is 20.3 Å². The van der Waals surface area contributed by atoms with Gasteiger partial charge >= 0.3 is 0 Å². The fourth-order valence-electron chi connectivity index (χ4n) is 2.92. The predicted octanol–water partition coefficient (Wildman–Crippen LogP) is 2.16. The first-order chi connectivity index (χ1) is 5.15. The number of nitrogens with two attached hydrogens (primary N) is 1. The molecule has 2 saturated carbocycles. The van der Waals surface area contributed by atoms with Crippen LogP contribution >= 0.6 is 0 Å². The van der Waals surface area contributed by atoms with Gasteiger partial charge in [0.05, 0.1) is 0 Å². The molecule has 0 aromatic rings. The number of hydrogen-bond acceptors (Lipinski definition) is 1. The lowest BCUT2D eigenvalue weighted by molar-refractivity contribution is 0.177. The zero-order chi connectivity index (χ0) is 8.06. The molecule has 2 aliphatic carbocycles. The predicted molar refractivity (Wildman–Crippen MR) is 47.2 cm³/mol. The van der Waals surface area contributed by atoms with Crippen LogP contribution in [0.25, 0.3) is 0 Å². The van der Waals surface area contributed by atoms with E-state index in [2.05, 4.69) is 13.8 Å². The van der Waals surface area contributed by atoms with Crippen molar-refractivity contribution in [1.29, 1.82) is 0 Å². The zero-order valence-electron chi connectivity index (χ0n) is 7.64. The van der Waals surface area contributed by atoms with Crippen molar-refractivity contribution in [3.05, 3.63) is 0 Å². The first-order valence-corrected chi connectivity index (χ1v) is 4.91. The van der Waals surface area contributed by atoms with Gasteiger partial charge in [0.1, 0.15) is 0 Å². The molecule has 0 heterocycles. The van der Waals surface area contributed by atoms with E-state index < -0.39 is 0 Å². The van der Waals surface area contributed by atoms with Crippen LogP contribution in [-0.2, 0) is 0 Å². The van der Waals surface area contributed by atoms with Crippen LogP contribution in [0.4, 0.5) is 0 Å². The molecule has 2 aliphatic rings. The summed E-state index contributed by atoms with van der Waals surface area (Å²) in [5.74, 6) is 1.84. The van der Waals surface area contributed by atoms with E-state index in [9.17, 15) is 0 Å². The molecule has 0 radical (unpaired) electrons. The highest BCUT2D eigenvalue weighted by Gasteiger charge is 2.56. The van der Waals surface area contributed by atoms with E-state index in [1.165, 1.54) is 25.7 Å². The largest absolute Gasteiger partial charge is 0.327 e. The highest BCUT2D eigenvalue weighted by atomic mass is 14.8. The third-order valence-corrected chi connectivity index (χ3v) is 4.02. The third kappa shape index (κ3) is 1.01. The maximum atomic E-state index is 5.97. The highest BCUT2D eigenvalue weighted by molar-refractivity contribution is 5.10. The average molecular weight is 153 g/mol. The molecule has 0 aliphatic heterocycles. The van der Waals surface area contributed by atoms with Gasteiger partial charge in [0, 0.05) is 6.04 Å². The Labute approximate surface area is 69.4 Å². The van der Waals surface area contributed by atoms with Gasteiger partial charge in [-0.2, -0.15) is 0 Å². The van der Waals surface area contributed by atoms with E-state index in [1.54, 1.807) is 0 Å². The topological polar surface area (TPSA) is 26.0 Å². The van der Waals surface area contributed by atoms with E-state index in [0.717, 1.165) is 11.8 Å². The monoisotopic (exact) mass is 153 g/mol. The molecule has 1 spiro atoms. The average Bonchev–Trinajstić information content (AvgIpc) is 2.56. The Bertz CT molecular complexity index is 166. The second-order valence-corrected chi connectivity index (χ2v) is 4.82. The Morgan fingerprint density at radius 3 is 2.45 bits per heavy atom. The third-order valence-electron chi connectivity index (χ3n) is 4.02. The lowest BCUT2D eigenvalue weighted by Gasteiger charge is -2.33. The minimum atomic E-state index is 0.546. The summed E-state index contributed by atoms with van der Waals surface area (Å²) in [5, 5.41) is 0. The molecule has 2 N–H and O–H groups in total. The maximum Gasteiger partial charge on any atom is 0.0105 e. The van der Waals surface area contributed by atoms with Crippen molar-refractivity contribution in [1.82, 2.24) is 0 Å². The van der Waals surface area contributed by atoms with Crippen LogP contribution in [0, 0.1) is 17.3 Å². The first-order valence-electron chi connectivity index (χ1n) is 4.91. The van der Waals surface area contributed by atoms with Crippen LogP contribution < -0.4 is 5.73 Å². The molecule has 1 heteroatoms. The molecule has 0 amide bonds. The van der Waals surface area contributed by atoms with Crippen LogP contribution in [0.15, 0.2) is 0 Å². The SMILES string of the molecule is CC1CCC2(CC2N)C(C)C1. The van der Waals surface area contributed by atoms with Gasteiger partial charge in [0.2, 0.25) is 0 Å². The van der Waals surface area contributed by atoms with E-state index in [4.69, 9.17) is 5.73 Å². The summed E-state index contributed by atoms with van der Waals surface area (Å²) in [6, 6.07) is 0.546. The molecular formula is C10H19N. The molecule has 2 fully saturated rings. The van der Waals surface area contributed by atoms with E-state index in [0.29, 0.717) is 11.5 Å². The van der Waals surface area contributed by atoms with Crippen LogP contribution in [0.5, 0.6) is 0 Å². The molecule has 0 saturated heterocycles. The van der Waals surface area contributed by atoms with Gasteiger partial charge < -0.3 is 5.73 Å². The first kappa shape index (κ1) is 7.60. The molecule has 4 atom stereocenters. The minimum Gasteiger partial charge on any atom is -0.327 e. The Balaban J connectivity index is 2.03. The summed E-state index contributed by atoms with van der Waals surface area (Å²) >= 11 is 0. The summed E-state index contributed by atoms with van der Waals surface area (Å²) in [6.07, 6.45) is 5.53. The molecule has 1 nitrogen and oxygen atoms in total. The Kier molecular flexibility index (Phi) is 1.54. The van der Waals surface area contributed by atoms with Crippen molar-refractivity contribution >= 4 is 0 Å². The maximum absolute atomic E-state index is 5.97. The quantitative estimate of drug-likeness (QED) is 0.567. The molecule has 0 aromatic heterocycles. The summed E-state index contributed by atoms with van der Waals surface area (Å²) in [6.45, 7) is 4.76. The van der Waals surface area contributed by atoms with Gasteiger partial charge in [0.15, 0.2) is 0 Å². The normalized spacial score (nSPS) is 56.5. The standard InChI is InChI=1S/C10H19N/c1-7-3-4-10(6-9(10)11)8(2)5-7/h7-9H,3-6,11H2,1-2H3. The lowest BCUT2D eigenvalue weighted by atomic mass is 9.73. The Morgan fingerprint density at radius 1 is 1.36 bits per heavy atom. The van der Waals surface area contributed by atoms with E-state index in [1.807, 2.05) is 0 Å². The van der Waals surface area contributed by atoms with Crippen molar-refractivity contribution in [2.24, 2.45) is 23.0 Å². The van der Waals surface area contributed by atoms with Crippen LogP contribution in [-0.4, -0.2) is 6.04 Å². The molecule has 2 rings (SSSR count). The molecule has 4 unspecified atom stereocenters. The van der Waals surface area contributed by atoms with Crippen LogP contribution in [0.2, 0.25) is 0 Å². The van der Waals surface area contributed by atoms with Crippen LogP contribution in [0.3, 0.4) is 0 Å². The van der Waals surface area contributed by atoms with Crippen molar-refractivity contribution in [3.63, 3.8) is 0 Å². The van der Waals surface area contributed by atoms with Gasteiger partial charge in [0.25, 0.3) is 0 Å². The van der Waals surface area contributed by atoms with E-state index in [-0.39, 0.29) is 0 Å².